The van der Waals surface area contributed by atoms with Crippen LogP contribution in [0.25, 0.3) is 0 Å². The molecule has 0 aliphatic carbocycles. The molecule has 0 aromatic carbocycles. The number of methoxy groups -OCH3 is 1. The molecule has 0 fully saturated rings. The van der Waals surface area contributed by atoms with Gasteiger partial charge in [0.15, 0.2) is 0 Å². The highest BCUT2D eigenvalue weighted by molar-refractivity contribution is 5.77. The third-order valence-electron chi connectivity index (χ3n) is 2.13. The molecule has 0 atom stereocenters. The number of carbonyl (C=O) groups excluding carboxylic acids is 1. The molecule has 5 heteroatoms. The predicted molar refractivity (Wildman–Crippen MR) is 60.7 cm³/mol. The summed E-state index contributed by atoms with van der Waals surface area (Å²) in [6, 6.07) is 0. The van der Waals surface area contributed by atoms with E-state index < -0.39 is 0 Å². The van der Waals surface area contributed by atoms with Crippen molar-refractivity contribution in [2.75, 3.05) is 54.0 Å². The van der Waals surface area contributed by atoms with Crippen molar-refractivity contribution in [3.05, 3.63) is 0 Å². The van der Waals surface area contributed by atoms with E-state index in [1.54, 1.807) is 12.0 Å². The van der Waals surface area contributed by atoms with E-state index in [0.717, 1.165) is 19.5 Å². The van der Waals surface area contributed by atoms with Crippen molar-refractivity contribution in [1.29, 1.82) is 0 Å². The zero-order valence-electron chi connectivity index (χ0n) is 10.0. The van der Waals surface area contributed by atoms with Crippen LogP contribution in [-0.2, 0) is 9.53 Å². The highest BCUT2D eigenvalue weighted by Gasteiger charge is 2.10. The van der Waals surface area contributed by atoms with Crippen molar-refractivity contribution < 1.29 is 9.53 Å². The smallest absolute Gasteiger partial charge is 0.236 e. The Bertz CT molecular complexity index is 174. The molecule has 0 saturated heterocycles. The first-order chi connectivity index (χ1) is 7.11. The molecule has 5 nitrogen and oxygen atoms in total. The van der Waals surface area contributed by atoms with Gasteiger partial charge in [-0.3, -0.25) is 4.79 Å². The maximum atomic E-state index is 11.4. The van der Waals surface area contributed by atoms with Crippen LogP contribution < -0.4 is 5.73 Å². The highest BCUT2D eigenvalue weighted by atomic mass is 16.5. The molecule has 0 aromatic rings. The predicted octanol–water partition coefficient (Wildman–Crippen LogP) is -0.628. The third kappa shape index (κ3) is 7.30. The maximum Gasteiger partial charge on any atom is 0.236 e. The van der Waals surface area contributed by atoms with Crippen molar-refractivity contribution in [1.82, 2.24) is 9.80 Å². The van der Waals surface area contributed by atoms with E-state index in [-0.39, 0.29) is 12.5 Å². The molecule has 2 N–H and O–H groups in total. The molecule has 0 aromatic heterocycles. The van der Waals surface area contributed by atoms with Crippen molar-refractivity contribution in [2.45, 2.75) is 6.42 Å². The van der Waals surface area contributed by atoms with Gasteiger partial charge in [0.05, 0.1) is 13.2 Å². The van der Waals surface area contributed by atoms with Crippen LogP contribution in [0.5, 0.6) is 0 Å². The van der Waals surface area contributed by atoms with Crippen LogP contribution in [0.1, 0.15) is 6.42 Å². The molecular weight excluding hydrogens is 194 g/mol. The molecule has 0 spiro atoms. The fraction of sp³-hybridized carbons (Fsp3) is 0.900. The number of nitrogens with two attached hydrogens (primary N) is 1. The van der Waals surface area contributed by atoms with Gasteiger partial charge in [0.2, 0.25) is 5.91 Å². The van der Waals surface area contributed by atoms with Crippen LogP contribution in [-0.4, -0.2) is 69.7 Å². The van der Waals surface area contributed by atoms with E-state index in [1.807, 2.05) is 14.1 Å². The molecule has 0 heterocycles. The zero-order valence-corrected chi connectivity index (χ0v) is 10.0. The molecule has 0 rings (SSSR count). The van der Waals surface area contributed by atoms with Crippen LogP contribution in [0.4, 0.5) is 0 Å². The quantitative estimate of drug-likeness (QED) is 0.588. The third-order valence-corrected chi connectivity index (χ3v) is 2.13. The Balaban J connectivity index is 3.84. The Morgan fingerprint density at radius 1 is 1.27 bits per heavy atom. The number of ether oxygens (including phenoxy) is 1. The van der Waals surface area contributed by atoms with Crippen molar-refractivity contribution in [3.63, 3.8) is 0 Å². The Labute approximate surface area is 92.2 Å². The van der Waals surface area contributed by atoms with E-state index in [1.165, 1.54) is 0 Å². The summed E-state index contributed by atoms with van der Waals surface area (Å²) in [4.78, 5) is 15.3. The Morgan fingerprint density at radius 2 is 1.93 bits per heavy atom. The van der Waals surface area contributed by atoms with E-state index in [0.29, 0.717) is 13.2 Å². The van der Waals surface area contributed by atoms with Gasteiger partial charge in [-0.25, -0.2) is 0 Å². The van der Waals surface area contributed by atoms with Gasteiger partial charge in [-0.1, -0.05) is 0 Å². The number of carbonyl (C=O) groups is 1. The Morgan fingerprint density at radius 3 is 2.40 bits per heavy atom. The number of nitrogens with zero attached hydrogens (tertiary/aromatic N) is 2. The Kier molecular flexibility index (Phi) is 8.27. The van der Waals surface area contributed by atoms with Crippen LogP contribution in [0.3, 0.4) is 0 Å². The fourth-order valence-corrected chi connectivity index (χ4v) is 1.27. The van der Waals surface area contributed by atoms with Gasteiger partial charge in [-0.2, -0.15) is 0 Å². The molecule has 0 unspecified atom stereocenters. The van der Waals surface area contributed by atoms with Crippen molar-refractivity contribution in [2.24, 2.45) is 5.73 Å². The average molecular weight is 217 g/mol. The van der Waals surface area contributed by atoms with Gasteiger partial charge in [-0.15, -0.1) is 0 Å². The normalized spacial score (nSPS) is 10.7. The summed E-state index contributed by atoms with van der Waals surface area (Å²) in [5, 5.41) is 0. The van der Waals surface area contributed by atoms with E-state index in [4.69, 9.17) is 10.5 Å². The standard InChI is InChI=1S/C10H23N3O2/c1-12(2)5-4-6-13(7-8-15-3)10(14)9-11/h4-9,11H2,1-3H3. The first-order valence-electron chi connectivity index (χ1n) is 5.23. The lowest BCUT2D eigenvalue weighted by Gasteiger charge is -2.22. The summed E-state index contributed by atoms with van der Waals surface area (Å²) in [6.45, 7) is 2.98. The van der Waals surface area contributed by atoms with E-state index in [2.05, 4.69) is 4.90 Å². The summed E-state index contributed by atoms with van der Waals surface area (Å²) in [5.74, 6) is -0.00851. The van der Waals surface area contributed by atoms with Crippen LogP contribution in [0, 0.1) is 0 Å². The monoisotopic (exact) mass is 217 g/mol. The van der Waals surface area contributed by atoms with Gasteiger partial charge >= 0.3 is 0 Å². The Hall–Kier alpha value is -0.650. The number of amides is 1. The molecule has 15 heavy (non-hydrogen) atoms. The molecule has 0 saturated carbocycles. The van der Waals surface area contributed by atoms with Gasteiger partial charge in [0.1, 0.15) is 0 Å². The van der Waals surface area contributed by atoms with Crippen molar-refractivity contribution in [3.8, 4) is 0 Å². The summed E-state index contributed by atoms with van der Waals surface area (Å²) < 4.78 is 4.95. The summed E-state index contributed by atoms with van der Waals surface area (Å²) in [6.07, 6.45) is 0.961. The number of hydrogen-bond donors (Lipinski definition) is 1. The lowest BCUT2D eigenvalue weighted by atomic mass is 10.3. The summed E-state index contributed by atoms with van der Waals surface area (Å²) in [7, 11) is 5.67. The molecule has 0 bridgehead atoms. The van der Waals surface area contributed by atoms with Gasteiger partial charge in [0.25, 0.3) is 0 Å². The maximum absolute atomic E-state index is 11.4. The van der Waals surface area contributed by atoms with Crippen LogP contribution in [0.15, 0.2) is 0 Å². The first-order valence-corrected chi connectivity index (χ1v) is 5.23. The van der Waals surface area contributed by atoms with Crippen LogP contribution in [0.2, 0.25) is 0 Å². The summed E-state index contributed by atoms with van der Waals surface area (Å²) in [5.41, 5.74) is 5.33. The van der Waals surface area contributed by atoms with Crippen LogP contribution >= 0.6 is 0 Å². The van der Waals surface area contributed by atoms with Gasteiger partial charge in [-0.05, 0) is 27.1 Å². The lowest BCUT2D eigenvalue weighted by molar-refractivity contribution is -0.130. The topological polar surface area (TPSA) is 58.8 Å². The molecule has 1 amide bonds. The van der Waals surface area contributed by atoms with Crippen molar-refractivity contribution >= 4 is 5.91 Å². The van der Waals surface area contributed by atoms with Gasteiger partial charge < -0.3 is 20.3 Å². The minimum Gasteiger partial charge on any atom is -0.383 e. The number of rotatable bonds is 8. The lowest BCUT2D eigenvalue weighted by Crippen LogP contribution is -2.39. The minimum absolute atomic E-state index is 0.00851. The minimum atomic E-state index is -0.00851. The average Bonchev–Trinajstić information content (AvgIpc) is 2.21. The second-order valence-electron chi connectivity index (χ2n) is 3.73. The first kappa shape index (κ1) is 14.3. The molecule has 90 valence electrons. The summed E-state index contributed by atoms with van der Waals surface area (Å²) >= 11 is 0. The van der Waals surface area contributed by atoms with Gasteiger partial charge in [0, 0.05) is 20.2 Å². The second-order valence-corrected chi connectivity index (χ2v) is 3.73. The number of hydrogen-bond acceptors (Lipinski definition) is 4. The molecule has 0 aliphatic heterocycles. The highest BCUT2D eigenvalue weighted by Crippen LogP contribution is 1.94. The molecular formula is C10H23N3O2. The van der Waals surface area contributed by atoms with E-state index in [9.17, 15) is 4.79 Å². The second kappa shape index (κ2) is 8.64. The SMILES string of the molecule is COCCN(CCCN(C)C)C(=O)CN. The molecule has 0 aliphatic rings. The fourth-order valence-electron chi connectivity index (χ4n) is 1.27. The van der Waals surface area contributed by atoms with E-state index >= 15 is 0 Å². The zero-order chi connectivity index (χ0) is 11.7. The largest absolute Gasteiger partial charge is 0.383 e. The molecule has 0 radical (unpaired) electrons.